The van der Waals surface area contributed by atoms with Gasteiger partial charge in [-0.05, 0) is 45.6 Å². The van der Waals surface area contributed by atoms with E-state index < -0.39 is 0 Å². The molecule has 3 aliphatic rings. The molecule has 0 aliphatic carbocycles. The molecule has 4 nitrogen and oxygen atoms in total. The first-order valence-electron chi connectivity index (χ1n) is 8.45. The molecule has 3 aliphatic heterocycles. The molecule has 4 unspecified atom stereocenters. The highest BCUT2D eigenvalue weighted by Gasteiger charge is 2.52. The molecule has 3 heterocycles. The Labute approximate surface area is 122 Å². The van der Waals surface area contributed by atoms with Crippen molar-refractivity contribution in [2.75, 3.05) is 13.1 Å². The minimum Gasteiger partial charge on any atom is -0.321 e. The Morgan fingerprint density at radius 1 is 1.20 bits per heavy atom. The zero-order chi connectivity index (χ0) is 14.3. The van der Waals surface area contributed by atoms with Crippen LogP contribution in [0.3, 0.4) is 0 Å². The van der Waals surface area contributed by atoms with Crippen molar-refractivity contribution in [2.45, 2.75) is 83.1 Å². The third-order valence-electron chi connectivity index (χ3n) is 5.80. The van der Waals surface area contributed by atoms with Crippen molar-refractivity contribution in [2.24, 2.45) is 0 Å². The molecule has 4 atom stereocenters. The van der Waals surface area contributed by atoms with Gasteiger partial charge < -0.3 is 4.90 Å². The molecule has 0 aromatic carbocycles. The van der Waals surface area contributed by atoms with Crippen LogP contribution < -0.4 is 5.32 Å². The third-order valence-corrected chi connectivity index (χ3v) is 5.80. The second kappa shape index (κ2) is 5.30. The predicted octanol–water partition coefficient (Wildman–Crippen LogP) is 1.95. The van der Waals surface area contributed by atoms with Crippen molar-refractivity contribution in [3.05, 3.63) is 0 Å². The lowest BCUT2D eigenvalue weighted by Crippen LogP contribution is -2.51. The fourth-order valence-corrected chi connectivity index (χ4v) is 4.40. The number of carbonyl (C=O) groups is 1. The van der Waals surface area contributed by atoms with Crippen LogP contribution in [0.5, 0.6) is 0 Å². The largest absolute Gasteiger partial charge is 0.321 e. The Hall–Kier alpha value is -0.610. The van der Waals surface area contributed by atoms with E-state index in [-0.39, 0.29) is 11.7 Å². The van der Waals surface area contributed by atoms with Crippen LogP contribution in [0.4, 0.5) is 0 Å². The Morgan fingerprint density at radius 2 is 2.00 bits per heavy atom. The highest BCUT2D eigenvalue weighted by molar-refractivity contribution is 5.88. The summed E-state index contributed by atoms with van der Waals surface area (Å²) in [6, 6.07) is 1.05. The number of rotatable bonds is 3. The molecule has 3 fully saturated rings. The zero-order valence-corrected chi connectivity index (χ0v) is 13.2. The topological polar surface area (TPSA) is 35.6 Å². The molecular formula is C16H29N3O. The molecular weight excluding hydrogens is 250 g/mol. The van der Waals surface area contributed by atoms with Crippen LogP contribution in [0.2, 0.25) is 0 Å². The monoisotopic (exact) mass is 279 g/mol. The summed E-state index contributed by atoms with van der Waals surface area (Å²) in [4.78, 5) is 17.8. The molecule has 3 rings (SSSR count). The molecule has 20 heavy (non-hydrogen) atoms. The second-order valence-corrected chi connectivity index (χ2v) is 6.92. The van der Waals surface area contributed by atoms with Gasteiger partial charge in [-0.2, -0.15) is 0 Å². The first-order valence-corrected chi connectivity index (χ1v) is 8.45. The molecule has 114 valence electrons. The Bertz CT molecular complexity index is 386. The average Bonchev–Trinajstić information content (AvgIpc) is 2.99. The second-order valence-electron chi connectivity index (χ2n) is 6.92. The highest BCUT2D eigenvalue weighted by Crippen LogP contribution is 2.36. The molecule has 3 saturated heterocycles. The average molecular weight is 279 g/mol. The Balaban J connectivity index is 1.83. The number of fused-ring (bicyclic) bond motifs is 1. The smallest absolute Gasteiger partial charge is 0.244 e. The van der Waals surface area contributed by atoms with Crippen molar-refractivity contribution in [1.82, 2.24) is 15.1 Å². The fourth-order valence-electron chi connectivity index (χ4n) is 4.40. The number of carbonyl (C=O) groups excluding carboxylic acids is 1. The van der Waals surface area contributed by atoms with Gasteiger partial charge in [-0.3, -0.25) is 15.0 Å². The highest BCUT2D eigenvalue weighted by atomic mass is 16.2. The van der Waals surface area contributed by atoms with E-state index in [0.717, 1.165) is 19.3 Å². The van der Waals surface area contributed by atoms with Crippen LogP contribution in [0.15, 0.2) is 0 Å². The van der Waals surface area contributed by atoms with Crippen LogP contribution in [-0.4, -0.2) is 52.6 Å². The standard InChI is InChI=1S/C16H29N3O/c1-4-14-17-16(3,5-2)15(20)19(14)13-9-11-18-10-7-6-8-12(13)18/h12-14,17H,4-11H2,1-3H3. The first kappa shape index (κ1) is 14.3. The fraction of sp³-hybridized carbons (Fsp3) is 0.938. The van der Waals surface area contributed by atoms with Gasteiger partial charge in [-0.15, -0.1) is 0 Å². The molecule has 0 bridgehead atoms. The van der Waals surface area contributed by atoms with Gasteiger partial charge in [-0.1, -0.05) is 20.3 Å². The van der Waals surface area contributed by atoms with E-state index >= 15 is 0 Å². The van der Waals surface area contributed by atoms with E-state index in [1.807, 2.05) is 0 Å². The number of amides is 1. The maximum Gasteiger partial charge on any atom is 0.244 e. The van der Waals surface area contributed by atoms with Crippen LogP contribution in [0, 0.1) is 0 Å². The third kappa shape index (κ3) is 2.08. The molecule has 0 aromatic rings. The lowest BCUT2D eigenvalue weighted by atomic mass is 9.95. The normalized spacial score (nSPS) is 42.2. The maximum absolute atomic E-state index is 12.9. The van der Waals surface area contributed by atoms with E-state index in [0.29, 0.717) is 18.0 Å². The van der Waals surface area contributed by atoms with Crippen LogP contribution in [0.25, 0.3) is 0 Å². The summed E-state index contributed by atoms with van der Waals surface area (Å²) in [6.07, 6.45) is 7.21. The van der Waals surface area contributed by atoms with Crippen molar-refractivity contribution in [3.8, 4) is 0 Å². The van der Waals surface area contributed by atoms with E-state index in [2.05, 4.69) is 35.9 Å². The SMILES string of the molecule is CCC1NC(C)(CC)C(=O)N1C1CCN2CCCCC12. The van der Waals surface area contributed by atoms with Crippen molar-refractivity contribution >= 4 is 5.91 Å². The van der Waals surface area contributed by atoms with Gasteiger partial charge >= 0.3 is 0 Å². The number of hydrogen-bond acceptors (Lipinski definition) is 3. The molecule has 0 saturated carbocycles. The summed E-state index contributed by atoms with van der Waals surface area (Å²) < 4.78 is 0. The van der Waals surface area contributed by atoms with E-state index in [9.17, 15) is 4.79 Å². The molecule has 1 N–H and O–H groups in total. The van der Waals surface area contributed by atoms with Gasteiger partial charge in [0.2, 0.25) is 5.91 Å². The van der Waals surface area contributed by atoms with E-state index in [1.165, 1.54) is 32.4 Å². The summed E-state index contributed by atoms with van der Waals surface area (Å²) in [5, 5.41) is 3.60. The molecule has 0 radical (unpaired) electrons. The minimum absolute atomic E-state index is 0.235. The van der Waals surface area contributed by atoms with Crippen LogP contribution >= 0.6 is 0 Å². The summed E-state index contributed by atoms with van der Waals surface area (Å²) in [6.45, 7) is 8.79. The van der Waals surface area contributed by atoms with Crippen molar-refractivity contribution in [1.29, 1.82) is 0 Å². The quantitative estimate of drug-likeness (QED) is 0.858. The Kier molecular flexibility index (Phi) is 3.80. The Morgan fingerprint density at radius 3 is 2.70 bits per heavy atom. The number of piperidine rings is 1. The summed E-state index contributed by atoms with van der Waals surface area (Å²) in [5.41, 5.74) is -0.344. The molecule has 4 heteroatoms. The molecule has 1 amide bonds. The maximum atomic E-state index is 12.9. The van der Waals surface area contributed by atoms with Gasteiger partial charge in [0.15, 0.2) is 0 Å². The summed E-state index contributed by atoms with van der Waals surface area (Å²) in [5.74, 6) is 0.337. The van der Waals surface area contributed by atoms with Gasteiger partial charge in [0.05, 0.1) is 17.7 Å². The van der Waals surface area contributed by atoms with Crippen molar-refractivity contribution in [3.63, 3.8) is 0 Å². The van der Waals surface area contributed by atoms with Gasteiger partial charge in [0.1, 0.15) is 0 Å². The van der Waals surface area contributed by atoms with Crippen molar-refractivity contribution < 1.29 is 4.79 Å². The molecule has 0 aromatic heterocycles. The van der Waals surface area contributed by atoms with E-state index in [1.54, 1.807) is 0 Å². The number of hydrogen-bond donors (Lipinski definition) is 1. The lowest BCUT2D eigenvalue weighted by Gasteiger charge is -2.38. The summed E-state index contributed by atoms with van der Waals surface area (Å²) >= 11 is 0. The lowest BCUT2D eigenvalue weighted by molar-refractivity contribution is -0.135. The minimum atomic E-state index is -0.344. The van der Waals surface area contributed by atoms with Gasteiger partial charge in [0.25, 0.3) is 0 Å². The van der Waals surface area contributed by atoms with Gasteiger partial charge in [0, 0.05) is 12.6 Å². The molecule has 0 spiro atoms. The van der Waals surface area contributed by atoms with Crippen LogP contribution in [0.1, 0.15) is 59.3 Å². The first-order chi connectivity index (χ1) is 9.60. The number of nitrogens with zero attached hydrogens (tertiary/aromatic N) is 2. The summed E-state index contributed by atoms with van der Waals surface area (Å²) in [7, 11) is 0. The predicted molar refractivity (Wildman–Crippen MR) is 80.4 cm³/mol. The zero-order valence-electron chi connectivity index (χ0n) is 13.2. The van der Waals surface area contributed by atoms with Gasteiger partial charge in [-0.25, -0.2) is 0 Å². The number of nitrogens with one attached hydrogen (secondary N) is 1. The van der Waals surface area contributed by atoms with Crippen LogP contribution in [-0.2, 0) is 4.79 Å². The van der Waals surface area contributed by atoms with E-state index in [4.69, 9.17) is 0 Å².